The first kappa shape index (κ1) is 18.8. The Morgan fingerprint density at radius 3 is 2.93 bits per heavy atom. The van der Waals surface area contributed by atoms with Crippen molar-refractivity contribution in [3.05, 3.63) is 45.5 Å². The van der Waals surface area contributed by atoms with Crippen LogP contribution in [0.2, 0.25) is 0 Å². The molecule has 4 rings (SSSR count). The second kappa shape index (κ2) is 7.49. The van der Waals surface area contributed by atoms with Gasteiger partial charge in [0, 0.05) is 25.8 Å². The molecule has 3 aromatic rings. The lowest BCUT2D eigenvalue weighted by atomic mass is 9.97. The van der Waals surface area contributed by atoms with Gasteiger partial charge in [0.15, 0.2) is 0 Å². The Kier molecular flexibility index (Phi) is 4.87. The third-order valence-corrected chi connectivity index (χ3v) is 5.16. The number of aromatic amines is 1. The van der Waals surface area contributed by atoms with E-state index in [1.165, 1.54) is 12.5 Å². The van der Waals surface area contributed by atoms with Crippen LogP contribution in [-0.2, 0) is 0 Å². The number of hydrogen-bond donors (Lipinski definition) is 2. The molecule has 0 saturated carbocycles. The highest BCUT2D eigenvalue weighted by atomic mass is 16.5. The van der Waals surface area contributed by atoms with Crippen LogP contribution in [0.5, 0.6) is 0 Å². The van der Waals surface area contributed by atoms with Crippen molar-refractivity contribution in [1.29, 1.82) is 0 Å². The number of likely N-dealkylation sites (tertiary alicyclic amines) is 1. The summed E-state index contributed by atoms with van der Waals surface area (Å²) >= 11 is 0. The van der Waals surface area contributed by atoms with E-state index in [-0.39, 0.29) is 29.1 Å². The van der Waals surface area contributed by atoms with E-state index in [1.807, 2.05) is 0 Å². The Hall–Kier alpha value is -3.50. The van der Waals surface area contributed by atoms with E-state index in [9.17, 15) is 14.4 Å². The average Bonchev–Trinajstić information content (AvgIpc) is 3.33. The van der Waals surface area contributed by atoms with Crippen LogP contribution < -0.4 is 10.9 Å². The third kappa shape index (κ3) is 3.50. The summed E-state index contributed by atoms with van der Waals surface area (Å²) in [6.45, 7) is 4.84. The highest BCUT2D eigenvalue weighted by Crippen LogP contribution is 2.18. The maximum atomic E-state index is 12.9. The van der Waals surface area contributed by atoms with Crippen LogP contribution in [0.15, 0.2) is 21.8 Å². The maximum Gasteiger partial charge on any atom is 0.286 e. The van der Waals surface area contributed by atoms with E-state index in [2.05, 4.69) is 25.5 Å². The fourth-order valence-electron chi connectivity index (χ4n) is 3.66. The minimum atomic E-state index is -0.480. The first-order valence-electron chi connectivity index (χ1n) is 9.37. The van der Waals surface area contributed by atoms with Crippen LogP contribution >= 0.6 is 0 Å². The monoisotopic (exact) mass is 399 g/mol. The predicted octanol–water partition coefficient (Wildman–Crippen LogP) is 0.305. The van der Waals surface area contributed by atoms with Crippen LogP contribution in [0.1, 0.15) is 45.0 Å². The summed E-state index contributed by atoms with van der Waals surface area (Å²) in [5.74, 6) is 0.168. The fourth-order valence-corrected chi connectivity index (χ4v) is 3.66. The number of hydrogen-bond acceptors (Lipinski definition) is 7. The van der Waals surface area contributed by atoms with E-state index in [0.717, 1.165) is 17.4 Å². The molecule has 29 heavy (non-hydrogen) atoms. The maximum absolute atomic E-state index is 12.9. The van der Waals surface area contributed by atoms with Gasteiger partial charge in [-0.2, -0.15) is 4.52 Å². The number of nitrogens with one attached hydrogen (secondary N) is 2. The number of aromatic nitrogens is 5. The van der Waals surface area contributed by atoms with Crippen molar-refractivity contribution in [3.63, 3.8) is 0 Å². The van der Waals surface area contributed by atoms with Gasteiger partial charge < -0.3 is 14.7 Å². The van der Waals surface area contributed by atoms with Crippen LogP contribution in [0.3, 0.4) is 0 Å². The molecule has 2 N–H and O–H groups in total. The van der Waals surface area contributed by atoms with E-state index in [1.54, 1.807) is 18.7 Å². The highest BCUT2D eigenvalue weighted by Gasteiger charge is 2.27. The summed E-state index contributed by atoms with van der Waals surface area (Å²) in [6.07, 6.45) is 4.28. The number of H-pyrrole nitrogens is 1. The number of nitrogens with zero attached hydrogens (tertiary/aromatic N) is 5. The zero-order chi connectivity index (χ0) is 20.5. The molecule has 0 aliphatic carbocycles. The van der Waals surface area contributed by atoms with Crippen molar-refractivity contribution in [2.75, 3.05) is 19.6 Å². The third-order valence-electron chi connectivity index (χ3n) is 5.16. The Morgan fingerprint density at radius 1 is 1.34 bits per heavy atom. The van der Waals surface area contributed by atoms with Gasteiger partial charge in [0.05, 0.1) is 5.69 Å². The van der Waals surface area contributed by atoms with Crippen LogP contribution in [0.4, 0.5) is 0 Å². The van der Waals surface area contributed by atoms with Crippen molar-refractivity contribution in [1.82, 2.24) is 35.0 Å². The van der Waals surface area contributed by atoms with E-state index < -0.39 is 5.56 Å². The standard InChI is InChI=1S/C18H21N7O4/c1-10-14(11(2)29-23-10)15(26)19-6-12-4-3-5-24(8-12)16(27)13-7-20-18-21-9-22-25(18)17(13)28/h7,9,12H,3-6,8H2,1-2H3,(H,19,26)(H,20,21,22). The van der Waals surface area contributed by atoms with Gasteiger partial charge >= 0.3 is 0 Å². The van der Waals surface area contributed by atoms with Crippen molar-refractivity contribution in [2.24, 2.45) is 5.92 Å². The smallest absolute Gasteiger partial charge is 0.286 e. The number of carbonyl (C=O) groups is 2. The lowest BCUT2D eigenvalue weighted by Crippen LogP contribution is -2.45. The Morgan fingerprint density at radius 2 is 2.17 bits per heavy atom. The van der Waals surface area contributed by atoms with Gasteiger partial charge in [0.1, 0.15) is 23.2 Å². The normalized spacial score (nSPS) is 16.9. The van der Waals surface area contributed by atoms with E-state index in [0.29, 0.717) is 36.7 Å². The molecule has 11 heteroatoms. The highest BCUT2D eigenvalue weighted by molar-refractivity contribution is 5.96. The Bertz CT molecular complexity index is 1110. The minimum Gasteiger partial charge on any atom is -0.361 e. The van der Waals surface area contributed by atoms with Gasteiger partial charge in [-0.3, -0.25) is 19.5 Å². The van der Waals surface area contributed by atoms with Crippen LogP contribution in [0, 0.1) is 19.8 Å². The summed E-state index contributed by atoms with van der Waals surface area (Å²) in [5, 5.41) is 9.34. The van der Waals surface area contributed by atoms with Gasteiger partial charge in [0.25, 0.3) is 23.2 Å². The molecule has 0 spiro atoms. The molecule has 1 atom stereocenters. The SMILES string of the molecule is Cc1noc(C)c1C(=O)NCC1CCCN(C(=O)c2cnc3nc[nH]n3c2=O)C1. The zero-order valence-electron chi connectivity index (χ0n) is 16.1. The van der Waals surface area contributed by atoms with Crippen LogP contribution in [0.25, 0.3) is 5.78 Å². The number of fused-ring (bicyclic) bond motifs is 1. The van der Waals surface area contributed by atoms with Crippen molar-refractivity contribution in [3.8, 4) is 0 Å². The number of rotatable bonds is 4. The molecule has 1 unspecified atom stereocenters. The summed E-state index contributed by atoms with van der Waals surface area (Å²) in [6, 6.07) is 0. The number of carbonyl (C=O) groups excluding carboxylic acids is 2. The van der Waals surface area contributed by atoms with Crippen molar-refractivity contribution in [2.45, 2.75) is 26.7 Å². The summed E-state index contributed by atoms with van der Waals surface area (Å²) < 4.78 is 6.17. The lowest BCUT2D eigenvalue weighted by molar-refractivity contribution is 0.0668. The number of piperidine rings is 1. The van der Waals surface area contributed by atoms with Gasteiger partial charge in [-0.05, 0) is 32.6 Å². The molecule has 1 fully saturated rings. The van der Waals surface area contributed by atoms with Crippen LogP contribution in [-0.4, -0.2) is 61.1 Å². The van der Waals surface area contributed by atoms with Gasteiger partial charge in [0.2, 0.25) is 0 Å². The molecule has 1 aliphatic rings. The average molecular weight is 399 g/mol. The van der Waals surface area contributed by atoms with Gasteiger partial charge in [-0.1, -0.05) is 5.16 Å². The quantitative estimate of drug-likeness (QED) is 0.643. The molecule has 1 aliphatic heterocycles. The summed E-state index contributed by atoms with van der Waals surface area (Å²) in [7, 11) is 0. The second-order valence-corrected chi connectivity index (χ2v) is 7.17. The molecule has 4 heterocycles. The molecule has 0 radical (unpaired) electrons. The number of amides is 2. The summed E-state index contributed by atoms with van der Waals surface area (Å²) in [4.78, 5) is 47.4. The Balaban J connectivity index is 1.42. The number of aryl methyl sites for hydroxylation is 2. The predicted molar refractivity (Wildman–Crippen MR) is 101 cm³/mol. The van der Waals surface area contributed by atoms with Gasteiger partial charge in [-0.25, -0.2) is 9.97 Å². The summed E-state index contributed by atoms with van der Waals surface area (Å²) in [5.41, 5.74) is 0.502. The molecule has 1 saturated heterocycles. The van der Waals surface area contributed by atoms with E-state index >= 15 is 0 Å². The molecule has 0 aromatic carbocycles. The first-order chi connectivity index (χ1) is 14.0. The molecule has 152 valence electrons. The zero-order valence-corrected chi connectivity index (χ0v) is 16.1. The van der Waals surface area contributed by atoms with Gasteiger partial charge in [-0.15, -0.1) is 0 Å². The van der Waals surface area contributed by atoms with Crippen molar-refractivity contribution < 1.29 is 14.1 Å². The molecule has 2 amide bonds. The topological polar surface area (TPSA) is 138 Å². The lowest BCUT2D eigenvalue weighted by Gasteiger charge is -2.32. The molecule has 11 nitrogen and oxygen atoms in total. The molecular formula is C18H21N7O4. The minimum absolute atomic E-state index is 0.00726. The second-order valence-electron chi connectivity index (χ2n) is 7.17. The Labute approximate surface area is 165 Å². The molecule has 0 bridgehead atoms. The first-order valence-corrected chi connectivity index (χ1v) is 9.37. The van der Waals surface area contributed by atoms with Crippen molar-refractivity contribution >= 4 is 17.6 Å². The fraction of sp³-hybridized carbons (Fsp3) is 0.444. The van der Waals surface area contributed by atoms with E-state index in [4.69, 9.17) is 4.52 Å². The molecule has 3 aromatic heterocycles. The molecular weight excluding hydrogens is 378 g/mol. The largest absolute Gasteiger partial charge is 0.361 e.